The summed E-state index contributed by atoms with van der Waals surface area (Å²) in [5.41, 5.74) is 2.18. The highest BCUT2D eigenvalue weighted by molar-refractivity contribution is 5.53. The molecule has 0 aliphatic carbocycles. The van der Waals surface area contributed by atoms with E-state index in [1.807, 2.05) is 19.9 Å². The summed E-state index contributed by atoms with van der Waals surface area (Å²) < 4.78 is 13.7. The Morgan fingerprint density at radius 3 is 2.40 bits per heavy atom. The monoisotopic (exact) mass is 274 g/mol. The number of halogens is 1. The maximum absolute atomic E-state index is 13.7. The van der Waals surface area contributed by atoms with Crippen LogP contribution in [-0.4, -0.2) is 4.92 Å². The number of non-ortho nitro benzene ring substituents is 1. The van der Waals surface area contributed by atoms with Crippen molar-refractivity contribution in [2.24, 2.45) is 0 Å². The third-order valence-corrected chi connectivity index (χ3v) is 3.19. The number of nitro benzene ring substituents is 1. The van der Waals surface area contributed by atoms with Gasteiger partial charge in [-0.3, -0.25) is 10.1 Å². The second kappa shape index (κ2) is 5.69. The van der Waals surface area contributed by atoms with Gasteiger partial charge in [0.25, 0.3) is 5.69 Å². The number of nitrogens with zero attached hydrogens (tertiary/aromatic N) is 1. The largest absolute Gasteiger partial charge is 0.376 e. The Kier molecular flexibility index (Phi) is 3.98. The maximum Gasteiger partial charge on any atom is 0.269 e. The van der Waals surface area contributed by atoms with Crippen LogP contribution in [0.3, 0.4) is 0 Å². The van der Waals surface area contributed by atoms with Gasteiger partial charge >= 0.3 is 0 Å². The molecule has 20 heavy (non-hydrogen) atoms. The minimum absolute atomic E-state index is 0.0445. The molecule has 0 aliphatic rings. The highest BCUT2D eigenvalue weighted by Gasteiger charge is 2.12. The molecule has 0 aromatic heterocycles. The molecule has 4 nitrogen and oxygen atoms in total. The topological polar surface area (TPSA) is 55.2 Å². The number of hydrogen-bond donors (Lipinski definition) is 1. The molecule has 2 rings (SSSR count). The first-order valence-electron chi connectivity index (χ1n) is 6.25. The van der Waals surface area contributed by atoms with Crippen LogP contribution in [0.2, 0.25) is 0 Å². The number of benzene rings is 2. The lowest BCUT2D eigenvalue weighted by molar-refractivity contribution is -0.384. The summed E-state index contributed by atoms with van der Waals surface area (Å²) in [6.07, 6.45) is 0. The highest BCUT2D eigenvalue weighted by atomic mass is 19.1. The lowest BCUT2D eigenvalue weighted by Gasteiger charge is -2.17. The number of anilines is 1. The van der Waals surface area contributed by atoms with Crippen molar-refractivity contribution in [1.82, 2.24) is 0 Å². The molecular formula is C15H15FN2O2. The quantitative estimate of drug-likeness (QED) is 0.671. The summed E-state index contributed by atoms with van der Waals surface area (Å²) in [5.74, 6) is -0.307. The molecule has 0 amide bonds. The van der Waals surface area contributed by atoms with E-state index >= 15 is 0 Å². The predicted octanol–water partition coefficient (Wildman–Crippen LogP) is 4.22. The van der Waals surface area contributed by atoms with Crippen molar-refractivity contribution in [2.75, 3.05) is 5.32 Å². The second-order valence-electron chi connectivity index (χ2n) is 4.65. The van der Waals surface area contributed by atoms with E-state index in [2.05, 4.69) is 5.32 Å². The van der Waals surface area contributed by atoms with Crippen LogP contribution in [0.1, 0.15) is 24.1 Å². The predicted molar refractivity (Wildman–Crippen MR) is 76.3 cm³/mol. The number of nitro groups is 1. The SMILES string of the molecule is Cc1cccc(F)c1NC(C)c1ccc([N+](=O)[O-])cc1. The molecule has 1 N–H and O–H groups in total. The fourth-order valence-electron chi connectivity index (χ4n) is 2.00. The number of para-hydroxylation sites is 1. The molecule has 0 aliphatic heterocycles. The van der Waals surface area contributed by atoms with Crippen LogP contribution in [0.15, 0.2) is 42.5 Å². The van der Waals surface area contributed by atoms with Gasteiger partial charge in [0.15, 0.2) is 0 Å². The van der Waals surface area contributed by atoms with Gasteiger partial charge in [-0.1, -0.05) is 24.3 Å². The first-order chi connectivity index (χ1) is 9.49. The summed E-state index contributed by atoms with van der Waals surface area (Å²) in [6.45, 7) is 3.71. The van der Waals surface area contributed by atoms with Gasteiger partial charge in [0.05, 0.1) is 10.6 Å². The maximum atomic E-state index is 13.7. The average molecular weight is 274 g/mol. The average Bonchev–Trinajstić information content (AvgIpc) is 2.43. The van der Waals surface area contributed by atoms with E-state index in [1.165, 1.54) is 18.2 Å². The minimum atomic E-state index is -0.442. The molecule has 5 heteroatoms. The number of rotatable bonds is 4. The Labute approximate surface area is 116 Å². The summed E-state index contributed by atoms with van der Waals surface area (Å²) in [5, 5.41) is 13.7. The van der Waals surface area contributed by atoms with Crippen LogP contribution in [0.5, 0.6) is 0 Å². The third-order valence-electron chi connectivity index (χ3n) is 3.19. The zero-order valence-corrected chi connectivity index (χ0v) is 11.3. The molecule has 2 aromatic carbocycles. The highest BCUT2D eigenvalue weighted by Crippen LogP contribution is 2.25. The number of hydrogen-bond acceptors (Lipinski definition) is 3. The standard InChI is InChI=1S/C15H15FN2O2/c1-10-4-3-5-14(16)15(10)17-11(2)12-6-8-13(9-7-12)18(19)20/h3-9,11,17H,1-2H3. The van der Waals surface area contributed by atoms with Crippen LogP contribution < -0.4 is 5.32 Å². The van der Waals surface area contributed by atoms with Gasteiger partial charge in [-0.25, -0.2) is 4.39 Å². The first-order valence-corrected chi connectivity index (χ1v) is 6.25. The van der Waals surface area contributed by atoms with Crippen LogP contribution in [0.25, 0.3) is 0 Å². The molecule has 2 aromatic rings. The smallest absolute Gasteiger partial charge is 0.269 e. The van der Waals surface area contributed by atoms with Crippen LogP contribution >= 0.6 is 0 Å². The van der Waals surface area contributed by atoms with E-state index in [0.29, 0.717) is 5.69 Å². The molecule has 0 radical (unpaired) electrons. The van der Waals surface area contributed by atoms with E-state index in [0.717, 1.165) is 11.1 Å². The van der Waals surface area contributed by atoms with Crippen LogP contribution in [-0.2, 0) is 0 Å². The summed E-state index contributed by atoms with van der Waals surface area (Å²) >= 11 is 0. The van der Waals surface area contributed by atoms with Crippen molar-refractivity contribution in [1.29, 1.82) is 0 Å². The lowest BCUT2D eigenvalue weighted by Crippen LogP contribution is -2.09. The molecule has 104 valence electrons. The molecule has 0 saturated carbocycles. The van der Waals surface area contributed by atoms with Gasteiger partial charge in [-0.2, -0.15) is 0 Å². The normalized spacial score (nSPS) is 11.9. The van der Waals surface area contributed by atoms with E-state index in [1.54, 1.807) is 18.2 Å². The van der Waals surface area contributed by atoms with Crippen molar-refractivity contribution in [3.8, 4) is 0 Å². The Morgan fingerprint density at radius 1 is 1.20 bits per heavy atom. The molecule has 0 fully saturated rings. The zero-order chi connectivity index (χ0) is 14.7. The van der Waals surface area contributed by atoms with Crippen molar-refractivity contribution in [3.63, 3.8) is 0 Å². The van der Waals surface area contributed by atoms with Gasteiger partial charge < -0.3 is 5.32 Å². The first kappa shape index (κ1) is 14.0. The molecule has 0 spiro atoms. The lowest BCUT2D eigenvalue weighted by atomic mass is 10.1. The molecule has 0 bridgehead atoms. The third kappa shape index (κ3) is 2.93. The Balaban J connectivity index is 2.19. The molecule has 0 heterocycles. The fourth-order valence-corrected chi connectivity index (χ4v) is 2.00. The van der Waals surface area contributed by atoms with Crippen LogP contribution in [0, 0.1) is 22.9 Å². The molecule has 1 unspecified atom stereocenters. The summed E-state index contributed by atoms with van der Waals surface area (Å²) in [4.78, 5) is 10.2. The second-order valence-corrected chi connectivity index (χ2v) is 4.65. The number of nitrogens with one attached hydrogen (secondary N) is 1. The Morgan fingerprint density at radius 2 is 1.85 bits per heavy atom. The Hall–Kier alpha value is -2.43. The van der Waals surface area contributed by atoms with Crippen molar-refractivity contribution >= 4 is 11.4 Å². The van der Waals surface area contributed by atoms with Crippen molar-refractivity contribution in [3.05, 3.63) is 69.5 Å². The summed E-state index contributed by atoms with van der Waals surface area (Å²) in [6, 6.07) is 11.0. The van der Waals surface area contributed by atoms with Gasteiger partial charge in [0, 0.05) is 18.2 Å². The summed E-state index contributed by atoms with van der Waals surface area (Å²) in [7, 11) is 0. The van der Waals surface area contributed by atoms with Crippen molar-refractivity contribution < 1.29 is 9.31 Å². The van der Waals surface area contributed by atoms with Gasteiger partial charge in [0.1, 0.15) is 5.82 Å². The molecular weight excluding hydrogens is 259 g/mol. The van der Waals surface area contributed by atoms with Gasteiger partial charge in [0.2, 0.25) is 0 Å². The fraction of sp³-hybridized carbons (Fsp3) is 0.200. The Bertz CT molecular complexity index is 606. The van der Waals surface area contributed by atoms with E-state index in [9.17, 15) is 14.5 Å². The van der Waals surface area contributed by atoms with Crippen molar-refractivity contribution in [2.45, 2.75) is 19.9 Å². The van der Waals surface area contributed by atoms with Gasteiger partial charge in [-0.05, 0) is 31.0 Å². The molecule has 0 saturated heterocycles. The zero-order valence-electron chi connectivity index (χ0n) is 11.3. The van der Waals surface area contributed by atoms with E-state index in [-0.39, 0.29) is 17.5 Å². The molecule has 1 atom stereocenters. The van der Waals surface area contributed by atoms with E-state index in [4.69, 9.17) is 0 Å². The van der Waals surface area contributed by atoms with Gasteiger partial charge in [-0.15, -0.1) is 0 Å². The van der Waals surface area contributed by atoms with Crippen LogP contribution in [0.4, 0.5) is 15.8 Å². The van der Waals surface area contributed by atoms with E-state index < -0.39 is 4.92 Å². The minimum Gasteiger partial charge on any atom is -0.376 e. The number of aryl methyl sites for hydroxylation is 1.